The van der Waals surface area contributed by atoms with E-state index in [1.165, 1.54) is 6.07 Å². The molecule has 112 valence electrons. The van der Waals surface area contributed by atoms with E-state index in [1.807, 2.05) is 0 Å². The van der Waals surface area contributed by atoms with E-state index < -0.39 is 30.1 Å². The third-order valence-corrected chi connectivity index (χ3v) is 2.30. The monoisotopic (exact) mass is 291 g/mol. The highest BCUT2D eigenvalue weighted by atomic mass is 19.4. The summed E-state index contributed by atoms with van der Waals surface area (Å²) in [6.07, 6.45) is -4.93. The highest BCUT2D eigenvalue weighted by Crippen LogP contribution is 2.36. The maximum absolute atomic E-state index is 12.9. The Hall–Kier alpha value is -1.76. The molecule has 4 nitrogen and oxygen atoms in total. The van der Waals surface area contributed by atoms with E-state index in [0.29, 0.717) is 5.56 Å². The van der Waals surface area contributed by atoms with Crippen molar-refractivity contribution in [1.82, 2.24) is 0 Å². The molecular weight excluding hydrogens is 275 g/mol. The molecule has 0 fully saturated rings. The molecule has 7 heteroatoms. The minimum atomic E-state index is -4.58. The first-order valence-electron chi connectivity index (χ1n) is 5.96. The lowest BCUT2D eigenvalue weighted by Crippen LogP contribution is -2.20. The highest BCUT2D eigenvalue weighted by molar-refractivity contribution is 5.71. The maximum Gasteiger partial charge on any atom is 0.419 e. The molecule has 2 N–H and O–H groups in total. The number of hydrogen-bond donors (Lipinski definition) is 1. The van der Waals surface area contributed by atoms with Gasteiger partial charge in [-0.05, 0) is 31.5 Å². The SMILES string of the molecule is CC(C)OC(=O)COc1ccc(CN)cc1C(F)(F)F. The first kappa shape index (κ1) is 16.3. The molecule has 1 aromatic carbocycles. The fraction of sp³-hybridized carbons (Fsp3) is 0.462. The summed E-state index contributed by atoms with van der Waals surface area (Å²) in [5, 5.41) is 0. The number of alkyl halides is 3. The van der Waals surface area contributed by atoms with Crippen molar-refractivity contribution in [1.29, 1.82) is 0 Å². The summed E-state index contributed by atoms with van der Waals surface area (Å²) >= 11 is 0. The molecule has 0 saturated carbocycles. The van der Waals surface area contributed by atoms with Gasteiger partial charge in [0.1, 0.15) is 5.75 Å². The fourth-order valence-electron chi connectivity index (χ4n) is 1.49. The van der Waals surface area contributed by atoms with Crippen LogP contribution in [0.15, 0.2) is 18.2 Å². The number of nitrogens with two attached hydrogens (primary N) is 1. The van der Waals surface area contributed by atoms with Gasteiger partial charge in [0.25, 0.3) is 0 Å². The van der Waals surface area contributed by atoms with Gasteiger partial charge in [-0.2, -0.15) is 13.2 Å². The van der Waals surface area contributed by atoms with E-state index in [-0.39, 0.29) is 12.6 Å². The van der Waals surface area contributed by atoms with Gasteiger partial charge in [0.15, 0.2) is 6.61 Å². The summed E-state index contributed by atoms with van der Waals surface area (Å²) in [6, 6.07) is 3.47. The fourth-order valence-corrected chi connectivity index (χ4v) is 1.49. The van der Waals surface area contributed by atoms with Crippen molar-refractivity contribution in [3.8, 4) is 5.75 Å². The Kier molecular flexibility index (Phi) is 5.38. The van der Waals surface area contributed by atoms with Crippen LogP contribution in [0.3, 0.4) is 0 Å². The quantitative estimate of drug-likeness (QED) is 0.847. The second-order valence-electron chi connectivity index (χ2n) is 4.36. The van der Waals surface area contributed by atoms with Crippen molar-refractivity contribution >= 4 is 5.97 Å². The van der Waals surface area contributed by atoms with Crippen molar-refractivity contribution in [2.45, 2.75) is 32.7 Å². The lowest BCUT2D eigenvalue weighted by Gasteiger charge is -2.15. The van der Waals surface area contributed by atoms with Crippen molar-refractivity contribution in [2.75, 3.05) is 6.61 Å². The smallest absolute Gasteiger partial charge is 0.419 e. The van der Waals surface area contributed by atoms with Gasteiger partial charge in [0, 0.05) is 6.54 Å². The molecule has 1 aromatic rings. The standard InChI is InChI=1S/C13H16F3NO3/c1-8(2)20-12(18)7-19-11-4-3-9(6-17)5-10(11)13(14,15)16/h3-5,8H,6-7,17H2,1-2H3. The number of ether oxygens (including phenoxy) is 2. The average Bonchev–Trinajstić information content (AvgIpc) is 2.34. The third kappa shape index (κ3) is 4.73. The van der Waals surface area contributed by atoms with Crippen LogP contribution in [-0.2, 0) is 22.3 Å². The van der Waals surface area contributed by atoms with Crippen molar-refractivity contribution in [3.63, 3.8) is 0 Å². The van der Waals surface area contributed by atoms with Crippen LogP contribution in [0.25, 0.3) is 0 Å². The summed E-state index contributed by atoms with van der Waals surface area (Å²) in [4.78, 5) is 11.3. The Morgan fingerprint density at radius 1 is 1.35 bits per heavy atom. The Labute approximate surface area is 114 Å². The van der Waals surface area contributed by atoms with Gasteiger partial charge in [0.2, 0.25) is 0 Å². The van der Waals surface area contributed by atoms with Crippen LogP contribution in [0.1, 0.15) is 25.0 Å². The van der Waals surface area contributed by atoms with E-state index in [2.05, 4.69) is 0 Å². The van der Waals surface area contributed by atoms with Crippen LogP contribution in [-0.4, -0.2) is 18.7 Å². The molecule has 20 heavy (non-hydrogen) atoms. The van der Waals surface area contributed by atoms with E-state index in [0.717, 1.165) is 12.1 Å². The van der Waals surface area contributed by atoms with Crippen LogP contribution in [0.5, 0.6) is 5.75 Å². The number of hydrogen-bond acceptors (Lipinski definition) is 4. The van der Waals surface area contributed by atoms with Crippen molar-refractivity contribution in [3.05, 3.63) is 29.3 Å². The van der Waals surface area contributed by atoms with E-state index in [1.54, 1.807) is 13.8 Å². The van der Waals surface area contributed by atoms with Crippen molar-refractivity contribution < 1.29 is 27.4 Å². The van der Waals surface area contributed by atoms with E-state index >= 15 is 0 Å². The second kappa shape index (κ2) is 6.60. The average molecular weight is 291 g/mol. The van der Waals surface area contributed by atoms with Gasteiger partial charge in [-0.1, -0.05) is 6.07 Å². The molecule has 0 amide bonds. The molecule has 0 aliphatic rings. The maximum atomic E-state index is 12.9. The lowest BCUT2D eigenvalue weighted by atomic mass is 10.1. The Bertz CT molecular complexity index is 472. The lowest BCUT2D eigenvalue weighted by molar-refractivity contribution is -0.151. The predicted molar refractivity (Wildman–Crippen MR) is 66.1 cm³/mol. The molecule has 0 aliphatic carbocycles. The minimum absolute atomic E-state index is 0.0151. The van der Waals surface area contributed by atoms with Crippen LogP contribution in [0.2, 0.25) is 0 Å². The zero-order chi connectivity index (χ0) is 15.3. The summed E-state index contributed by atoms with van der Waals surface area (Å²) in [6.45, 7) is 2.67. The van der Waals surface area contributed by atoms with Gasteiger partial charge in [-0.25, -0.2) is 4.79 Å². The molecule has 0 radical (unpaired) electrons. The van der Waals surface area contributed by atoms with E-state index in [4.69, 9.17) is 15.2 Å². The normalized spacial score (nSPS) is 11.6. The number of carbonyl (C=O) groups is 1. The predicted octanol–water partition coefficient (Wildman–Crippen LogP) is 2.49. The Morgan fingerprint density at radius 3 is 2.50 bits per heavy atom. The number of benzene rings is 1. The highest BCUT2D eigenvalue weighted by Gasteiger charge is 2.34. The van der Waals surface area contributed by atoms with Crippen LogP contribution in [0.4, 0.5) is 13.2 Å². The first-order chi connectivity index (χ1) is 9.24. The summed E-state index contributed by atoms with van der Waals surface area (Å²) in [5.41, 5.74) is 4.67. The molecule has 0 spiro atoms. The van der Waals surface area contributed by atoms with E-state index in [9.17, 15) is 18.0 Å². The second-order valence-corrected chi connectivity index (χ2v) is 4.36. The number of esters is 1. The van der Waals surface area contributed by atoms with Gasteiger partial charge in [-0.3, -0.25) is 0 Å². The number of rotatable bonds is 5. The molecule has 1 rings (SSSR count). The number of halogens is 3. The zero-order valence-electron chi connectivity index (χ0n) is 11.2. The molecule has 0 aromatic heterocycles. The summed E-state index contributed by atoms with van der Waals surface area (Å²) in [5.74, 6) is -1.15. The Morgan fingerprint density at radius 2 is 2.00 bits per heavy atom. The molecule has 0 atom stereocenters. The molecule has 0 bridgehead atoms. The van der Waals surface area contributed by atoms with Gasteiger partial charge >= 0.3 is 12.1 Å². The molecule has 0 saturated heterocycles. The summed E-state index contributed by atoms with van der Waals surface area (Å²) < 4.78 is 48.3. The van der Waals surface area contributed by atoms with Crippen LogP contribution >= 0.6 is 0 Å². The molecular formula is C13H16F3NO3. The summed E-state index contributed by atoms with van der Waals surface area (Å²) in [7, 11) is 0. The molecule has 0 heterocycles. The van der Waals surface area contributed by atoms with Crippen LogP contribution < -0.4 is 10.5 Å². The minimum Gasteiger partial charge on any atom is -0.481 e. The van der Waals surface area contributed by atoms with Gasteiger partial charge < -0.3 is 15.2 Å². The van der Waals surface area contributed by atoms with Crippen LogP contribution in [0, 0.1) is 0 Å². The first-order valence-corrected chi connectivity index (χ1v) is 5.96. The molecule has 0 aliphatic heterocycles. The van der Waals surface area contributed by atoms with Crippen molar-refractivity contribution in [2.24, 2.45) is 5.73 Å². The van der Waals surface area contributed by atoms with Gasteiger partial charge in [-0.15, -0.1) is 0 Å². The zero-order valence-corrected chi connectivity index (χ0v) is 11.2. The molecule has 0 unspecified atom stereocenters. The largest absolute Gasteiger partial charge is 0.481 e. The third-order valence-electron chi connectivity index (χ3n) is 2.30. The van der Waals surface area contributed by atoms with Gasteiger partial charge in [0.05, 0.1) is 11.7 Å². The number of carbonyl (C=O) groups excluding carboxylic acids is 1. The Balaban J connectivity index is 2.87. The topological polar surface area (TPSA) is 61.5 Å².